The number of aromatic nitrogens is 1. The number of ether oxygens (including phenoxy) is 2. The van der Waals surface area contributed by atoms with E-state index in [1.165, 1.54) is 0 Å². The van der Waals surface area contributed by atoms with Gasteiger partial charge in [-0.05, 0) is 53.9 Å². The monoisotopic (exact) mass is 388 g/mol. The average molecular weight is 388 g/mol. The van der Waals surface area contributed by atoms with Crippen molar-refractivity contribution in [2.45, 2.75) is 19.4 Å². The van der Waals surface area contributed by atoms with Gasteiger partial charge in [0.1, 0.15) is 17.6 Å². The Labute approximate surface area is 168 Å². The van der Waals surface area contributed by atoms with Gasteiger partial charge in [0, 0.05) is 30.4 Å². The third-order valence-electron chi connectivity index (χ3n) is 4.92. The van der Waals surface area contributed by atoms with Crippen LogP contribution in [0.1, 0.15) is 49.9 Å². The van der Waals surface area contributed by atoms with E-state index in [1.807, 2.05) is 37.3 Å². The Kier molecular flexibility index (Phi) is 4.99. The van der Waals surface area contributed by atoms with Gasteiger partial charge in [-0.15, -0.1) is 0 Å². The van der Waals surface area contributed by atoms with Gasteiger partial charge in [-0.1, -0.05) is 12.1 Å². The minimum absolute atomic E-state index is 0.0774. The molecule has 0 saturated carbocycles. The van der Waals surface area contributed by atoms with Crippen LogP contribution in [0.25, 0.3) is 0 Å². The first-order valence-corrected chi connectivity index (χ1v) is 9.30. The predicted molar refractivity (Wildman–Crippen MR) is 107 cm³/mol. The number of pyridine rings is 1. The summed E-state index contributed by atoms with van der Waals surface area (Å²) in [5, 5.41) is 0. The Hall–Kier alpha value is -3.67. The molecular formula is C23H20N2O4. The smallest absolute Gasteiger partial charge is 0.248 e. The molecule has 1 aliphatic heterocycles. The largest absolute Gasteiger partial charge is 0.492 e. The van der Waals surface area contributed by atoms with E-state index >= 15 is 0 Å². The van der Waals surface area contributed by atoms with E-state index in [4.69, 9.17) is 15.2 Å². The lowest BCUT2D eigenvalue weighted by molar-refractivity contribution is 0.0931. The fourth-order valence-corrected chi connectivity index (χ4v) is 3.34. The first-order chi connectivity index (χ1) is 14.0. The lowest BCUT2D eigenvalue weighted by Crippen LogP contribution is -2.16. The van der Waals surface area contributed by atoms with Crippen molar-refractivity contribution in [3.05, 3.63) is 88.7 Å². The summed E-state index contributed by atoms with van der Waals surface area (Å²) >= 11 is 0. The van der Waals surface area contributed by atoms with Crippen LogP contribution in [0.4, 0.5) is 0 Å². The van der Waals surface area contributed by atoms with Gasteiger partial charge in [-0.3, -0.25) is 14.6 Å². The summed E-state index contributed by atoms with van der Waals surface area (Å²) < 4.78 is 12.0. The van der Waals surface area contributed by atoms with Crippen molar-refractivity contribution in [3.63, 3.8) is 0 Å². The van der Waals surface area contributed by atoms with Crippen LogP contribution in [-0.2, 0) is 0 Å². The van der Waals surface area contributed by atoms with E-state index in [9.17, 15) is 9.59 Å². The third-order valence-corrected chi connectivity index (χ3v) is 4.92. The Morgan fingerprint density at radius 2 is 1.79 bits per heavy atom. The number of ketones is 1. The summed E-state index contributed by atoms with van der Waals surface area (Å²) in [4.78, 5) is 27.6. The number of nitrogens with two attached hydrogens (primary N) is 1. The van der Waals surface area contributed by atoms with Crippen molar-refractivity contribution >= 4 is 11.7 Å². The highest BCUT2D eigenvalue weighted by Crippen LogP contribution is 2.36. The normalized spacial score (nSPS) is 13.9. The molecule has 0 radical (unpaired) electrons. The number of benzene rings is 2. The molecule has 1 aliphatic rings. The summed E-state index contributed by atoms with van der Waals surface area (Å²) in [6.45, 7) is 2.27. The van der Waals surface area contributed by atoms with Crippen LogP contribution in [0.15, 0.2) is 60.9 Å². The predicted octanol–water partition coefficient (Wildman–Crippen LogP) is 3.62. The Balaban J connectivity index is 1.73. The molecule has 3 aromatic rings. The molecule has 0 fully saturated rings. The standard InChI is InChI=1S/C23H20N2O4/c1-14-12-18-19(26)8-11-28-21(18)13-20(14)29-22(16-6-9-25-10-7-16)15-2-4-17(5-3-15)23(24)27/h2-7,9-10,12-13,22H,8,11H2,1H3,(H2,24,27)/t22-/m1/s1. The highest BCUT2D eigenvalue weighted by molar-refractivity contribution is 6.00. The number of primary amides is 1. The maximum atomic E-state index is 12.1. The quantitative estimate of drug-likeness (QED) is 0.721. The van der Waals surface area contributed by atoms with Crippen LogP contribution in [-0.4, -0.2) is 23.3 Å². The summed E-state index contributed by atoms with van der Waals surface area (Å²) in [5.41, 5.74) is 8.97. The van der Waals surface area contributed by atoms with E-state index in [0.29, 0.717) is 35.7 Å². The van der Waals surface area contributed by atoms with Gasteiger partial charge in [-0.2, -0.15) is 0 Å². The molecule has 0 unspecified atom stereocenters. The molecule has 0 spiro atoms. The molecule has 0 bridgehead atoms. The Bertz CT molecular complexity index is 1060. The number of rotatable bonds is 5. The SMILES string of the molecule is Cc1cc2c(cc1O[C@@H](c1ccncc1)c1ccc(C(N)=O)cc1)OCCC2=O. The molecule has 2 N–H and O–H groups in total. The van der Waals surface area contributed by atoms with Crippen molar-refractivity contribution < 1.29 is 19.1 Å². The summed E-state index contributed by atoms with van der Waals surface area (Å²) in [7, 11) is 0. The van der Waals surface area contributed by atoms with Crippen LogP contribution >= 0.6 is 0 Å². The molecule has 146 valence electrons. The van der Waals surface area contributed by atoms with Crippen molar-refractivity contribution in [1.29, 1.82) is 0 Å². The first kappa shape index (κ1) is 18.7. The third kappa shape index (κ3) is 3.82. The molecule has 4 rings (SSSR count). The van der Waals surface area contributed by atoms with Crippen LogP contribution in [0, 0.1) is 6.92 Å². The van der Waals surface area contributed by atoms with Gasteiger partial charge < -0.3 is 15.2 Å². The van der Waals surface area contributed by atoms with E-state index < -0.39 is 12.0 Å². The van der Waals surface area contributed by atoms with Gasteiger partial charge in [0.2, 0.25) is 5.91 Å². The van der Waals surface area contributed by atoms with E-state index in [2.05, 4.69) is 4.98 Å². The van der Waals surface area contributed by atoms with Crippen LogP contribution < -0.4 is 15.2 Å². The van der Waals surface area contributed by atoms with E-state index in [-0.39, 0.29) is 5.78 Å². The Morgan fingerprint density at radius 3 is 2.48 bits per heavy atom. The number of fused-ring (bicyclic) bond motifs is 1. The number of hydrogen-bond donors (Lipinski definition) is 1. The first-order valence-electron chi connectivity index (χ1n) is 9.30. The molecule has 6 nitrogen and oxygen atoms in total. The number of nitrogens with zero attached hydrogens (tertiary/aromatic N) is 1. The second kappa shape index (κ2) is 7.75. The molecular weight excluding hydrogens is 368 g/mol. The molecule has 0 aliphatic carbocycles. The topological polar surface area (TPSA) is 91.5 Å². The van der Waals surface area contributed by atoms with Crippen molar-refractivity contribution in [1.82, 2.24) is 4.98 Å². The van der Waals surface area contributed by atoms with E-state index in [1.54, 1.807) is 30.6 Å². The van der Waals surface area contributed by atoms with Gasteiger partial charge in [0.15, 0.2) is 5.78 Å². The molecule has 6 heteroatoms. The zero-order valence-corrected chi connectivity index (χ0v) is 15.9. The molecule has 0 saturated heterocycles. The minimum Gasteiger partial charge on any atom is -0.492 e. The highest BCUT2D eigenvalue weighted by atomic mass is 16.5. The van der Waals surface area contributed by atoms with Gasteiger partial charge in [0.25, 0.3) is 0 Å². The lowest BCUT2D eigenvalue weighted by Gasteiger charge is -2.24. The average Bonchev–Trinajstić information content (AvgIpc) is 2.74. The number of carbonyl (C=O) groups is 2. The summed E-state index contributed by atoms with van der Waals surface area (Å²) in [6.07, 6.45) is 3.35. The van der Waals surface area contributed by atoms with Gasteiger partial charge in [0.05, 0.1) is 12.2 Å². The second-order valence-electron chi connectivity index (χ2n) is 6.90. The molecule has 1 aromatic heterocycles. The van der Waals surface area contributed by atoms with Crippen molar-refractivity contribution in [2.75, 3.05) is 6.61 Å². The fourth-order valence-electron chi connectivity index (χ4n) is 3.34. The van der Waals surface area contributed by atoms with Crippen LogP contribution in [0.2, 0.25) is 0 Å². The highest BCUT2D eigenvalue weighted by Gasteiger charge is 2.23. The lowest BCUT2D eigenvalue weighted by atomic mass is 9.99. The number of Topliss-reactive ketones (excluding diaryl/α,β-unsaturated/α-hetero) is 1. The fraction of sp³-hybridized carbons (Fsp3) is 0.174. The van der Waals surface area contributed by atoms with Gasteiger partial charge >= 0.3 is 0 Å². The maximum Gasteiger partial charge on any atom is 0.248 e. The number of amides is 1. The number of carbonyl (C=O) groups excluding carboxylic acids is 2. The van der Waals surface area contributed by atoms with Crippen LogP contribution in [0.3, 0.4) is 0 Å². The van der Waals surface area contributed by atoms with Gasteiger partial charge in [-0.25, -0.2) is 0 Å². The molecule has 29 heavy (non-hydrogen) atoms. The Morgan fingerprint density at radius 1 is 1.10 bits per heavy atom. The number of aryl methyl sites for hydroxylation is 1. The van der Waals surface area contributed by atoms with Crippen LogP contribution in [0.5, 0.6) is 11.5 Å². The minimum atomic E-state index is -0.481. The molecule has 2 heterocycles. The molecule has 2 aromatic carbocycles. The molecule has 1 amide bonds. The zero-order valence-electron chi connectivity index (χ0n) is 15.9. The summed E-state index contributed by atoms with van der Waals surface area (Å²) in [6, 6.07) is 14.3. The summed E-state index contributed by atoms with van der Waals surface area (Å²) in [5.74, 6) is 0.762. The van der Waals surface area contributed by atoms with Crippen molar-refractivity contribution in [3.8, 4) is 11.5 Å². The molecule has 1 atom stereocenters. The maximum absolute atomic E-state index is 12.1. The zero-order chi connectivity index (χ0) is 20.4. The van der Waals surface area contributed by atoms with Crippen molar-refractivity contribution in [2.24, 2.45) is 5.73 Å². The van der Waals surface area contributed by atoms with E-state index in [0.717, 1.165) is 16.7 Å². The second-order valence-corrected chi connectivity index (χ2v) is 6.90. The number of hydrogen-bond acceptors (Lipinski definition) is 5.